The van der Waals surface area contributed by atoms with Gasteiger partial charge in [-0.15, -0.1) is 12.4 Å². The van der Waals surface area contributed by atoms with Crippen molar-refractivity contribution in [2.45, 2.75) is 18.4 Å². The summed E-state index contributed by atoms with van der Waals surface area (Å²) in [6, 6.07) is 5.79. The monoisotopic (exact) mass is 320 g/mol. The van der Waals surface area contributed by atoms with Gasteiger partial charge >= 0.3 is 5.97 Å². The number of rotatable bonds is 7. The summed E-state index contributed by atoms with van der Waals surface area (Å²) >= 11 is 1.53. The van der Waals surface area contributed by atoms with E-state index < -0.39 is 16.4 Å². The van der Waals surface area contributed by atoms with Crippen molar-refractivity contribution in [3.63, 3.8) is 0 Å². The van der Waals surface area contributed by atoms with Crippen LogP contribution in [0.25, 0.3) is 0 Å². The number of carbonyl (C=O) groups is 1. The van der Waals surface area contributed by atoms with Crippen molar-refractivity contribution in [2.75, 3.05) is 12.0 Å². The minimum atomic E-state index is -1.33. The van der Waals surface area contributed by atoms with Crippen LogP contribution in [0.2, 0.25) is 0 Å². The number of hydrogen-bond acceptors (Lipinski definition) is 5. The molecule has 6 nitrogen and oxygen atoms in total. The Morgan fingerprint density at radius 1 is 1.45 bits per heavy atom. The Morgan fingerprint density at radius 2 is 2.00 bits per heavy atom. The zero-order chi connectivity index (χ0) is 14.5. The van der Waals surface area contributed by atoms with E-state index in [2.05, 4.69) is 0 Å². The summed E-state index contributed by atoms with van der Waals surface area (Å²) in [5.74, 6) is -0.407. The van der Waals surface area contributed by atoms with Crippen LogP contribution in [-0.4, -0.2) is 33.5 Å². The Hall–Kier alpha value is -1.31. The molecule has 8 heteroatoms. The summed E-state index contributed by atoms with van der Waals surface area (Å²) in [7, 11) is 0. The van der Waals surface area contributed by atoms with Gasteiger partial charge in [0.2, 0.25) is 0 Å². The number of nitrogens with two attached hydrogens (primary N) is 1. The van der Waals surface area contributed by atoms with E-state index in [9.17, 15) is 20.0 Å². The molecule has 1 rings (SSSR count). The average Bonchev–Trinajstić information content (AvgIpc) is 2.36. The standard InChI is InChI=1S/C12H16N2O4S.ClH/c1-19-7-6-12(13,11(15)16)8-9-2-4-10(5-3-9)14(17)18;/h2-5H,6-8,13H2,1H3,(H,15,16);1H. The second-order valence-electron chi connectivity index (χ2n) is 4.30. The van der Waals surface area contributed by atoms with Crippen molar-refractivity contribution in [1.82, 2.24) is 0 Å². The third kappa shape index (κ3) is 4.99. The molecule has 1 aromatic carbocycles. The molecule has 0 saturated carbocycles. The summed E-state index contributed by atoms with van der Waals surface area (Å²) in [6.45, 7) is 0. The maximum atomic E-state index is 11.3. The molecule has 0 aliphatic rings. The van der Waals surface area contributed by atoms with Crippen LogP contribution < -0.4 is 5.73 Å². The molecule has 0 aliphatic carbocycles. The zero-order valence-electron chi connectivity index (χ0n) is 10.9. The molecule has 1 unspecified atom stereocenters. The lowest BCUT2D eigenvalue weighted by Crippen LogP contribution is -2.50. The molecular formula is C12H17ClN2O4S. The Kier molecular flexibility index (Phi) is 7.55. The SMILES string of the molecule is CSCCC(N)(Cc1ccc([N+](=O)[O-])cc1)C(=O)O.Cl. The van der Waals surface area contributed by atoms with Crippen LogP contribution in [-0.2, 0) is 11.2 Å². The molecule has 0 aliphatic heterocycles. The summed E-state index contributed by atoms with van der Waals surface area (Å²) < 4.78 is 0. The molecule has 0 amide bonds. The summed E-state index contributed by atoms with van der Waals surface area (Å²) in [4.78, 5) is 21.3. The third-order valence-corrected chi connectivity index (χ3v) is 3.46. The van der Waals surface area contributed by atoms with Gasteiger partial charge in [-0.3, -0.25) is 14.9 Å². The normalized spacial score (nSPS) is 13.1. The van der Waals surface area contributed by atoms with Gasteiger partial charge in [0.1, 0.15) is 5.54 Å². The average molecular weight is 321 g/mol. The van der Waals surface area contributed by atoms with E-state index in [1.165, 1.54) is 23.9 Å². The largest absolute Gasteiger partial charge is 0.480 e. The number of nitro groups is 1. The number of benzene rings is 1. The zero-order valence-corrected chi connectivity index (χ0v) is 12.6. The molecule has 0 aromatic heterocycles. The molecule has 0 spiro atoms. The van der Waals surface area contributed by atoms with Crippen molar-refractivity contribution >= 4 is 35.8 Å². The molecular weight excluding hydrogens is 304 g/mol. The Balaban J connectivity index is 0.00000361. The topological polar surface area (TPSA) is 106 Å². The fraction of sp³-hybridized carbons (Fsp3) is 0.417. The van der Waals surface area contributed by atoms with Gasteiger partial charge in [-0.1, -0.05) is 12.1 Å². The van der Waals surface area contributed by atoms with E-state index in [0.29, 0.717) is 17.7 Å². The first-order valence-corrected chi connectivity index (χ1v) is 7.03. The quantitative estimate of drug-likeness (QED) is 0.588. The predicted octanol–water partition coefficient (Wildman–Crippen LogP) is 2.09. The number of non-ortho nitro benzene ring substituents is 1. The number of nitro benzene ring substituents is 1. The molecule has 20 heavy (non-hydrogen) atoms. The third-order valence-electron chi connectivity index (χ3n) is 2.84. The second-order valence-corrected chi connectivity index (χ2v) is 5.29. The number of carboxylic acids is 1. The van der Waals surface area contributed by atoms with Crippen molar-refractivity contribution in [3.8, 4) is 0 Å². The van der Waals surface area contributed by atoms with Crippen LogP contribution in [0.4, 0.5) is 5.69 Å². The van der Waals surface area contributed by atoms with Gasteiger partial charge in [-0.05, 0) is 24.0 Å². The second kappa shape index (κ2) is 8.08. The smallest absolute Gasteiger partial charge is 0.324 e. The minimum absolute atomic E-state index is 0. The molecule has 0 bridgehead atoms. The lowest BCUT2D eigenvalue weighted by atomic mass is 9.89. The molecule has 0 saturated heterocycles. The Bertz CT molecular complexity index is 469. The number of halogens is 1. The van der Waals surface area contributed by atoms with Crippen LogP contribution >= 0.6 is 24.2 Å². The minimum Gasteiger partial charge on any atom is -0.480 e. The van der Waals surface area contributed by atoms with Gasteiger partial charge in [0.25, 0.3) is 5.69 Å². The van der Waals surface area contributed by atoms with Crippen LogP contribution in [0, 0.1) is 10.1 Å². The highest BCUT2D eigenvalue weighted by molar-refractivity contribution is 7.98. The molecule has 1 aromatic rings. The molecule has 112 valence electrons. The highest BCUT2D eigenvalue weighted by Gasteiger charge is 2.33. The van der Waals surface area contributed by atoms with E-state index in [1.807, 2.05) is 6.26 Å². The van der Waals surface area contributed by atoms with Crippen molar-refractivity contribution in [3.05, 3.63) is 39.9 Å². The first-order valence-electron chi connectivity index (χ1n) is 5.63. The summed E-state index contributed by atoms with van der Waals surface area (Å²) in [5, 5.41) is 19.8. The fourth-order valence-electron chi connectivity index (χ4n) is 1.65. The first kappa shape index (κ1) is 18.7. The number of thioether (sulfide) groups is 1. The van der Waals surface area contributed by atoms with Gasteiger partial charge in [0, 0.05) is 18.6 Å². The fourth-order valence-corrected chi connectivity index (χ4v) is 2.22. The van der Waals surface area contributed by atoms with Gasteiger partial charge in [-0.25, -0.2) is 0 Å². The van der Waals surface area contributed by atoms with E-state index in [0.717, 1.165) is 0 Å². The van der Waals surface area contributed by atoms with E-state index in [1.54, 1.807) is 12.1 Å². The number of carboxylic acid groups (broad SMARTS) is 1. The lowest BCUT2D eigenvalue weighted by Gasteiger charge is -2.24. The van der Waals surface area contributed by atoms with Gasteiger partial charge in [0.15, 0.2) is 0 Å². The predicted molar refractivity (Wildman–Crippen MR) is 81.6 cm³/mol. The molecule has 1 atom stereocenters. The maximum Gasteiger partial charge on any atom is 0.324 e. The van der Waals surface area contributed by atoms with Gasteiger partial charge < -0.3 is 10.8 Å². The van der Waals surface area contributed by atoms with Crippen molar-refractivity contribution < 1.29 is 14.8 Å². The van der Waals surface area contributed by atoms with E-state index in [-0.39, 0.29) is 24.5 Å². The highest BCUT2D eigenvalue weighted by Crippen LogP contribution is 2.20. The summed E-state index contributed by atoms with van der Waals surface area (Å²) in [5.41, 5.74) is 5.23. The van der Waals surface area contributed by atoms with E-state index >= 15 is 0 Å². The summed E-state index contributed by atoms with van der Waals surface area (Å²) in [6.07, 6.45) is 2.38. The van der Waals surface area contributed by atoms with Crippen LogP contribution in [0.1, 0.15) is 12.0 Å². The lowest BCUT2D eigenvalue weighted by molar-refractivity contribution is -0.384. The van der Waals surface area contributed by atoms with Gasteiger partial charge in [0.05, 0.1) is 4.92 Å². The van der Waals surface area contributed by atoms with Crippen LogP contribution in [0.5, 0.6) is 0 Å². The molecule has 0 fully saturated rings. The first-order chi connectivity index (χ1) is 8.89. The van der Waals surface area contributed by atoms with Crippen LogP contribution in [0.15, 0.2) is 24.3 Å². The van der Waals surface area contributed by atoms with E-state index in [4.69, 9.17) is 5.73 Å². The molecule has 0 radical (unpaired) electrons. The molecule has 3 N–H and O–H groups in total. The number of hydrogen-bond donors (Lipinski definition) is 2. The van der Waals surface area contributed by atoms with Crippen molar-refractivity contribution in [2.24, 2.45) is 5.73 Å². The Morgan fingerprint density at radius 3 is 2.40 bits per heavy atom. The highest BCUT2D eigenvalue weighted by atomic mass is 35.5. The molecule has 0 heterocycles. The van der Waals surface area contributed by atoms with Gasteiger partial charge in [-0.2, -0.15) is 11.8 Å². The van der Waals surface area contributed by atoms with Crippen LogP contribution in [0.3, 0.4) is 0 Å². The maximum absolute atomic E-state index is 11.3. The van der Waals surface area contributed by atoms with Crippen molar-refractivity contribution in [1.29, 1.82) is 0 Å². The number of nitrogens with zero attached hydrogens (tertiary/aromatic N) is 1. The Labute approximate surface area is 127 Å². The number of aliphatic carboxylic acids is 1.